The molecule has 1 heterocycles. The SMILES string of the molecule is C[Si](C)(C)OC[C@H]1O[C@@H](Oc2ccc(O[Si](C)(C)C)cc2)[C@H](O[Si](C)(C)C)[C@@H](O[Si](C)(C)C)[C@@H]1O[Si](C)(C)C. The molecule has 0 radical (unpaired) electrons. The van der Waals surface area contributed by atoms with Gasteiger partial charge in [0, 0.05) is 0 Å². The van der Waals surface area contributed by atoms with E-state index >= 15 is 0 Å². The monoisotopic (exact) mass is 632 g/mol. The third kappa shape index (κ3) is 13.5. The first-order valence-corrected chi connectivity index (χ1v) is 31.2. The lowest BCUT2D eigenvalue weighted by Crippen LogP contribution is -2.67. The molecule has 0 N–H and O–H groups in total. The second-order valence-electron chi connectivity index (χ2n) is 15.4. The Kier molecular flexibility index (Phi) is 11.6. The van der Waals surface area contributed by atoms with Gasteiger partial charge in [-0.1, -0.05) is 0 Å². The molecule has 0 spiro atoms. The molecule has 1 fully saturated rings. The molecule has 0 unspecified atom stereocenters. The highest BCUT2D eigenvalue weighted by atomic mass is 28.4. The summed E-state index contributed by atoms with van der Waals surface area (Å²) in [7, 11) is -9.51. The predicted molar refractivity (Wildman–Crippen MR) is 174 cm³/mol. The summed E-state index contributed by atoms with van der Waals surface area (Å²) in [5.41, 5.74) is 0. The maximum absolute atomic E-state index is 6.91. The highest BCUT2D eigenvalue weighted by Gasteiger charge is 2.52. The fourth-order valence-corrected chi connectivity index (χ4v) is 8.90. The Bertz CT molecular complexity index is 896. The summed E-state index contributed by atoms with van der Waals surface area (Å²) in [6.45, 7) is 33.3. The van der Waals surface area contributed by atoms with E-state index in [0.29, 0.717) is 12.4 Å². The lowest BCUT2D eigenvalue weighted by molar-refractivity contribution is -0.265. The van der Waals surface area contributed by atoms with Crippen LogP contribution < -0.4 is 9.16 Å². The molecule has 226 valence electrons. The lowest BCUT2D eigenvalue weighted by atomic mass is 9.99. The maximum Gasteiger partial charge on any atom is 0.242 e. The Morgan fingerprint density at radius 2 is 0.974 bits per heavy atom. The minimum Gasteiger partial charge on any atom is -0.544 e. The lowest BCUT2D eigenvalue weighted by Gasteiger charge is -2.50. The Morgan fingerprint density at radius 1 is 0.538 bits per heavy atom. The summed E-state index contributed by atoms with van der Waals surface area (Å²) in [5.74, 6) is 1.55. The zero-order chi connectivity index (χ0) is 30.0. The van der Waals surface area contributed by atoms with E-state index in [1.54, 1.807) is 0 Å². The van der Waals surface area contributed by atoms with Crippen LogP contribution in [0.2, 0.25) is 98.2 Å². The first-order chi connectivity index (χ1) is 17.4. The molecule has 1 aliphatic rings. The molecule has 2 rings (SSSR count). The molecule has 5 atom stereocenters. The molecular weight excluding hydrogens is 577 g/mol. The number of hydrogen-bond donors (Lipinski definition) is 0. The van der Waals surface area contributed by atoms with Crippen molar-refractivity contribution in [3.05, 3.63) is 24.3 Å². The zero-order valence-electron chi connectivity index (χ0n) is 27.3. The quantitative estimate of drug-likeness (QED) is 0.209. The third-order valence-corrected chi connectivity index (χ3v) is 10.1. The van der Waals surface area contributed by atoms with Crippen molar-refractivity contribution < 1.29 is 31.6 Å². The van der Waals surface area contributed by atoms with Crippen LogP contribution in [0.1, 0.15) is 0 Å². The van der Waals surface area contributed by atoms with Gasteiger partial charge in [0.15, 0.2) is 33.3 Å². The first kappa shape index (κ1) is 34.9. The molecular formula is C27H56O7Si5. The van der Waals surface area contributed by atoms with Gasteiger partial charge in [-0.3, -0.25) is 0 Å². The molecule has 7 nitrogen and oxygen atoms in total. The van der Waals surface area contributed by atoms with Crippen molar-refractivity contribution in [2.45, 2.75) is 129 Å². The van der Waals surface area contributed by atoms with Gasteiger partial charge in [-0.15, -0.1) is 0 Å². The van der Waals surface area contributed by atoms with Crippen LogP contribution >= 0.6 is 0 Å². The van der Waals surface area contributed by atoms with E-state index in [-0.39, 0.29) is 18.3 Å². The van der Waals surface area contributed by atoms with Gasteiger partial charge in [-0.05, 0) is 122 Å². The summed E-state index contributed by atoms with van der Waals surface area (Å²) in [6.07, 6.45) is -2.10. The van der Waals surface area contributed by atoms with Gasteiger partial charge >= 0.3 is 0 Å². The highest BCUT2D eigenvalue weighted by Crippen LogP contribution is 2.35. The van der Waals surface area contributed by atoms with E-state index in [9.17, 15) is 0 Å². The fraction of sp³-hybridized carbons (Fsp3) is 0.778. The smallest absolute Gasteiger partial charge is 0.242 e. The second-order valence-corrected chi connectivity index (χ2v) is 37.7. The van der Waals surface area contributed by atoms with Crippen LogP contribution in [0, 0.1) is 0 Å². The van der Waals surface area contributed by atoms with E-state index in [0.717, 1.165) is 5.75 Å². The minimum absolute atomic E-state index is 0.312. The Hall–Kier alpha value is -0.296. The number of benzene rings is 1. The molecule has 0 aliphatic carbocycles. The van der Waals surface area contributed by atoms with Crippen molar-refractivity contribution in [1.29, 1.82) is 0 Å². The standard InChI is InChI=1S/C27H56O7Si5/c1-35(2,3)28-20-23-24(32-37(7,8)9)25(33-38(10,11)12)26(34-39(13,14)15)27(30-23)29-21-16-18-22(19-17-21)31-36(4,5)6/h16-19,23-27H,20H2,1-15H3/t23-,24-,25+,26-,27-/m1/s1. The van der Waals surface area contributed by atoms with Crippen molar-refractivity contribution in [3.8, 4) is 11.5 Å². The summed E-state index contributed by atoms with van der Waals surface area (Å²) in [6, 6.07) is 7.81. The second kappa shape index (κ2) is 12.9. The van der Waals surface area contributed by atoms with Gasteiger partial charge in [0.2, 0.25) is 14.6 Å². The maximum atomic E-state index is 6.91. The van der Waals surface area contributed by atoms with Crippen molar-refractivity contribution in [2.24, 2.45) is 0 Å². The van der Waals surface area contributed by atoms with Crippen LogP contribution in [0.4, 0.5) is 0 Å². The highest BCUT2D eigenvalue weighted by molar-refractivity contribution is 6.71. The molecule has 0 saturated carbocycles. The summed E-state index contributed by atoms with van der Waals surface area (Å²) < 4.78 is 46.4. The molecule has 1 aromatic rings. The van der Waals surface area contributed by atoms with Crippen LogP contribution in [0.5, 0.6) is 11.5 Å². The summed E-state index contributed by atoms with van der Waals surface area (Å²) in [5, 5.41) is 0. The largest absolute Gasteiger partial charge is 0.544 e. The Labute approximate surface area is 243 Å². The van der Waals surface area contributed by atoms with Gasteiger partial charge in [-0.2, -0.15) is 0 Å². The molecule has 1 aromatic carbocycles. The Balaban J connectivity index is 2.51. The van der Waals surface area contributed by atoms with Gasteiger partial charge in [0.1, 0.15) is 35.9 Å². The average molecular weight is 633 g/mol. The number of ether oxygens (including phenoxy) is 2. The van der Waals surface area contributed by atoms with Crippen LogP contribution in [0.25, 0.3) is 0 Å². The van der Waals surface area contributed by atoms with Gasteiger partial charge < -0.3 is 31.6 Å². The first-order valence-electron chi connectivity index (χ1n) is 14.2. The summed E-state index contributed by atoms with van der Waals surface area (Å²) >= 11 is 0. The van der Waals surface area contributed by atoms with Gasteiger partial charge in [0.05, 0.1) is 6.61 Å². The van der Waals surface area contributed by atoms with Crippen molar-refractivity contribution >= 4 is 41.6 Å². The third-order valence-electron chi connectivity index (χ3n) is 5.24. The fourth-order valence-electron chi connectivity index (χ4n) is 4.14. The normalized spacial score (nSPS) is 25.5. The van der Waals surface area contributed by atoms with Crippen molar-refractivity contribution in [3.63, 3.8) is 0 Å². The number of rotatable bonds is 13. The van der Waals surface area contributed by atoms with E-state index < -0.39 is 54.0 Å². The van der Waals surface area contributed by atoms with Crippen LogP contribution in [0.3, 0.4) is 0 Å². The van der Waals surface area contributed by atoms with Gasteiger partial charge in [-0.25, -0.2) is 0 Å². The molecule has 39 heavy (non-hydrogen) atoms. The van der Waals surface area contributed by atoms with E-state index in [4.69, 9.17) is 31.6 Å². The number of hydrogen-bond acceptors (Lipinski definition) is 7. The summed E-state index contributed by atoms with van der Waals surface area (Å²) in [4.78, 5) is 0. The Morgan fingerprint density at radius 3 is 1.41 bits per heavy atom. The van der Waals surface area contributed by atoms with Crippen molar-refractivity contribution in [2.75, 3.05) is 6.61 Å². The van der Waals surface area contributed by atoms with E-state index in [1.807, 2.05) is 24.3 Å². The molecule has 0 aromatic heterocycles. The molecule has 12 heteroatoms. The van der Waals surface area contributed by atoms with Crippen molar-refractivity contribution in [1.82, 2.24) is 0 Å². The average Bonchev–Trinajstić information content (AvgIpc) is 2.68. The molecule has 0 amide bonds. The minimum atomic E-state index is -2.02. The van der Waals surface area contributed by atoms with Crippen LogP contribution in [-0.4, -0.2) is 78.9 Å². The molecule has 1 saturated heterocycles. The molecule has 1 aliphatic heterocycles. The molecule has 0 bridgehead atoms. The van der Waals surface area contributed by atoms with Crippen LogP contribution in [0.15, 0.2) is 24.3 Å². The predicted octanol–water partition coefficient (Wildman–Crippen LogP) is 7.52. The van der Waals surface area contributed by atoms with Gasteiger partial charge in [0.25, 0.3) is 0 Å². The van der Waals surface area contributed by atoms with Crippen LogP contribution in [-0.2, 0) is 22.4 Å². The van der Waals surface area contributed by atoms with E-state index in [1.165, 1.54) is 0 Å². The van der Waals surface area contributed by atoms with E-state index in [2.05, 4.69) is 98.2 Å². The zero-order valence-corrected chi connectivity index (χ0v) is 32.3. The topological polar surface area (TPSA) is 64.6 Å².